The monoisotopic (exact) mass is 378 g/mol. The van der Waals surface area contributed by atoms with Crippen LogP contribution in [0.2, 0.25) is 0 Å². The van der Waals surface area contributed by atoms with Crippen molar-refractivity contribution in [3.63, 3.8) is 0 Å². The van der Waals surface area contributed by atoms with E-state index < -0.39 is 0 Å². The van der Waals surface area contributed by atoms with E-state index in [9.17, 15) is 4.79 Å². The first-order valence-corrected chi connectivity index (χ1v) is 10.2. The maximum absolute atomic E-state index is 12.3. The highest BCUT2D eigenvalue weighted by Gasteiger charge is 2.13. The van der Waals surface area contributed by atoms with Crippen molar-refractivity contribution in [2.75, 3.05) is 11.1 Å². The van der Waals surface area contributed by atoms with Crippen molar-refractivity contribution in [2.45, 2.75) is 37.8 Å². The molecule has 6 heteroatoms. The van der Waals surface area contributed by atoms with E-state index in [2.05, 4.69) is 40.6 Å². The predicted octanol–water partition coefficient (Wildman–Crippen LogP) is 4.19. The van der Waals surface area contributed by atoms with Crippen LogP contribution in [0.4, 0.5) is 5.69 Å². The average molecular weight is 379 g/mol. The van der Waals surface area contributed by atoms with Gasteiger partial charge in [-0.25, -0.2) is 0 Å². The van der Waals surface area contributed by atoms with Crippen molar-refractivity contribution in [1.29, 1.82) is 0 Å². The zero-order valence-corrected chi connectivity index (χ0v) is 16.1. The lowest BCUT2D eigenvalue weighted by molar-refractivity contribution is -0.115. The third-order valence-electron chi connectivity index (χ3n) is 4.83. The number of aryl methyl sites for hydroxylation is 3. The highest BCUT2D eigenvalue weighted by Crippen LogP contribution is 2.25. The van der Waals surface area contributed by atoms with Crippen LogP contribution < -0.4 is 5.32 Å². The molecule has 0 aliphatic heterocycles. The molecule has 1 aliphatic carbocycles. The number of anilines is 1. The van der Waals surface area contributed by atoms with Crippen LogP contribution in [-0.2, 0) is 17.6 Å². The molecule has 27 heavy (non-hydrogen) atoms. The summed E-state index contributed by atoms with van der Waals surface area (Å²) >= 11 is 1.54. The number of nitrogens with zero attached hydrogens (tertiary/aromatic N) is 3. The van der Waals surface area contributed by atoms with E-state index in [1.807, 2.05) is 28.8 Å². The number of carbonyl (C=O) groups is 1. The second kappa shape index (κ2) is 7.96. The molecule has 1 N–H and O–H groups in total. The number of benzene rings is 2. The van der Waals surface area contributed by atoms with Gasteiger partial charge in [0.25, 0.3) is 0 Å². The van der Waals surface area contributed by atoms with E-state index in [1.165, 1.54) is 17.5 Å². The van der Waals surface area contributed by atoms with Gasteiger partial charge in [-0.05, 0) is 61.1 Å². The second-order valence-electron chi connectivity index (χ2n) is 6.75. The van der Waals surface area contributed by atoms with Gasteiger partial charge in [0.1, 0.15) is 6.33 Å². The Morgan fingerprint density at radius 3 is 2.93 bits per heavy atom. The third kappa shape index (κ3) is 4.06. The SMILES string of the molecule is Cc1ccccc1-n1cnnc1SCCC(=O)Nc1ccc2c(c1)CCC2. The van der Waals surface area contributed by atoms with E-state index in [0.29, 0.717) is 12.2 Å². The molecule has 0 saturated heterocycles. The Kier molecular flexibility index (Phi) is 5.25. The maximum Gasteiger partial charge on any atom is 0.225 e. The Morgan fingerprint density at radius 1 is 1.19 bits per heavy atom. The zero-order chi connectivity index (χ0) is 18.6. The quantitative estimate of drug-likeness (QED) is 0.654. The van der Waals surface area contributed by atoms with Crippen LogP contribution in [0.25, 0.3) is 5.69 Å². The lowest BCUT2D eigenvalue weighted by atomic mass is 10.1. The number of aromatic nitrogens is 3. The van der Waals surface area contributed by atoms with Crippen LogP contribution >= 0.6 is 11.8 Å². The summed E-state index contributed by atoms with van der Waals surface area (Å²) in [5.74, 6) is 0.684. The van der Waals surface area contributed by atoms with Gasteiger partial charge in [0, 0.05) is 17.9 Å². The van der Waals surface area contributed by atoms with Gasteiger partial charge >= 0.3 is 0 Å². The van der Waals surface area contributed by atoms with E-state index in [4.69, 9.17) is 0 Å². The van der Waals surface area contributed by atoms with E-state index >= 15 is 0 Å². The number of thioether (sulfide) groups is 1. The first kappa shape index (κ1) is 17.8. The van der Waals surface area contributed by atoms with Gasteiger partial charge in [0.2, 0.25) is 5.91 Å². The van der Waals surface area contributed by atoms with Crippen molar-refractivity contribution in [3.05, 3.63) is 65.5 Å². The average Bonchev–Trinajstić information content (AvgIpc) is 3.31. The molecule has 0 bridgehead atoms. The summed E-state index contributed by atoms with van der Waals surface area (Å²) in [4.78, 5) is 12.3. The number of rotatable bonds is 6. The first-order chi connectivity index (χ1) is 13.2. The van der Waals surface area contributed by atoms with Crippen molar-refractivity contribution >= 4 is 23.4 Å². The van der Waals surface area contributed by atoms with Crippen LogP contribution in [-0.4, -0.2) is 26.4 Å². The lowest BCUT2D eigenvalue weighted by Gasteiger charge is -2.09. The highest BCUT2D eigenvalue weighted by atomic mass is 32.2. The molecule has 1 heterocycles. The van der Waals surface area contributed by atoms with Crippen LogP contribution in [0.15, 0.2) is 53.9 Å². The van der Waals surface area contributed by atoms with Gasteiger partial charge in [-0.3, -0.25) is 9.36 Å². The Labute approximate surface area is 163 Å². The molecule has 4 rings (SSSR count). The molecule has 0 unspecified atom stereocenters. The summed E-state index contributed by atoms with van der Waals surface area (Å²) in [7, 11) is 0. The molecule has 3 aromatic rings. The second-order valence-corrected chi connectivity index (χ2v) is 7.82. The number of para-hydroxylation sites is 1. The van der Waals surface area contributed by atoms with Gasteiger partial charge in [0.15, 0.2) is 5.16 Å². The molecule has 5 nitrogen and oxygen atoms in total. The first-order valence-electron chi connectivity index (χ1n) is 9.21. The summed E-state index contributed by atoms with van der Waals surface area (Å²) in [6.45, 7) is 2.06. The molecule has 0 radical (unpaired) electrons. The van der Waals surface area contributed by atoms with Gasteiger partial charge < -0.3 is 5.32 Å². The van der Waals surface area contributed by atoms with Gasteiger partial charge in [-0.1, -0.05) is 36.0 Å². The number of hydrogen-bond acceptors (Lipinski definition) is 4. The Hall–Kier alpha value is -2.60. The molecule has 0 spiro atoms. The summed E-state index contributed by atoms with van der Waals surface area (Å²) in [5.41, 5.74) is 5.91. The molecule has 1 aromatic heterocycles. The lowest BCUT2D eigenvalue weighted by Crippen LogP contribution is -2.12. The number of carbonyl (C=O) groups excluding carboxylic acids is 1. The van der Waals surface area contributed by atoms with Crippen molar-refractivity contribution in [2.24, 2.45) is 0 Å². The maximum atomic E-state index is 12.3. The normalized spacial score (nSPS) is 12.8. The molecule has 2 aromatic carbocycles. The van der Waals surface area contributed by atoms with Gasteiger partial charge in [0.05, 0.1) is 5.69 Å². The van der Waals surface area contributed by atoms with Crippen molar-refractivity contribution < 1.29 is 4.79 Å². The summed E-state index contributed by atoms with van der Waals surface area (Å²) in [5, 5.41) is 12.0. The van der Waals surface area contributed by atoms with Crippen LogP contribution in [0.3, 0.4) is 0 Å². The highest BCUT2D eigenvalue weighted by molar-refractivity contribution is 7.99. The molecular weight excluding hydrogens is 356 g/mol. The fourth-order valence-corrected chi connectivity index (χ4v) is 4.29. The minimum atomic E-state index is 0.0300. The number of amides is 1. The summed E-state index contributed by atoms with van der Waals surface area (Å²) in [6.07, 6.45) is 5.63. The topological polar surface area (TPSA) is 59.8 Å². The van der Waals surface area contributed by atoms with Crippen molar-refractivity contribution in [1.82, 2.24) is 14.8 Å². The Bertz CT molecular complexity index is 966. The van der Waals surface area contributed by atoms with Gasteiger partial charge in [-0.2, -0.15) is 0 Å². The zero-order valence-electron chi connectivity index (χ0n) is 15.3. The van der Waals surface area contributed by atoms with E-state index in [1.54, 1.807) is 18.1 Å². The minimum Gasteiger partial charge on any atom is -0.326 e. The van der Waals surface area contributed by atoms with E-state index in [-0.39, 0.29) is 5.91 Å². The minimum absolute atomic E-state index is 0.0300. The van der Waals surface area contributed by atoms with Crippen LogP contribution in [0.1, 0.15) is 29.5 Å². The Balaban J connectivity index is 1.33. The number of nitrogens with one attached hydrogen (secondary N) is 1. The molecule has 1 amide bonds. The van der Waals surface area contributed by atoms with Crippen LogP contribution in [0.5, 0.6) is 0 Å². The molecule has 0 fully saturated rings. The molecule has 0 saturated carbocycles. The molecule has 1 aliphatic rings. The Morgan fingerprint density at radius 2 is 2.04 bits per heavy atom. The predicted molar refractivity (Wildman–Crippen MR) is 109 cm³/mol. The summed E-state index contributed by atoms with van der Waals surface area (Å²) < 4.78 is 1.97. The smallest absolute Gasteiger partial charge is 0.225 e. The van der Waals surface area contributed by atoms with E-state index in [0.717, 1.165) is 34.9 Å². The van der Waals surface area contributed by atoms with Crippen LogP contribution in [0, 0.1) is 6.92 Å². The van der Waals surface area contributed by atoms with Crippen molar-refractivity contribution in [3.8, 4) is 5.69 Å². The molecular formula is C21H22N4OS. The fraction of sp³-hybridized carbons (Fsp3) is 0.286. The standard InChI is InChI=1S/C21H22N4OS/c1-15-5-2-3-8-19(15)25-14-22-24-21(25)27-12-11-20(26)23-18-10-9-16-6-4-7-17(16)13-18/h2-3,5,8-10,13-14H,4,6-7,11-12H2,1H3,(H,23,26). The molecule has 138 valence electrons. The largest absolute Gasteiger partial charge is 0.326 e. The molecule has 0 atom stereocenters. The van der Waals surface area contributed by atoms with Gasteiger partial charge in [-0.15, -0.1) is 10.2 Å². The fourth-order valence-electron chi connectivity index (χ4n) is 3.43. The summed E-state index contributed by atoms with van der Waals surface area (Å²) in [6, 6.07) is 14.4. The third-order valence-corrected chi connectivity index (χ3v) is 5.78. The number of hydrogen-bond donors (Lipinski definition) is 1. The number of fused-ring (bicyclic) bond motifs is 1.